The van der Waals surface area contributed by atoms with E-state index in [-0.39, 0.29) is 5.91 Å². The first-order valence-corrected chi connectivity index (χ1v) is 6.44. The molecule has 0 aliphatic rings. The van der Waals surface area contributed by atoms with E-state index in [1.54, 1.807) is 24.3 Å². The van der Waals surface area contributed by atoms with Gasteiger partial charge < -0.3 is 15.8 Å². The van der Waals surface area contributed by atoms with Crippen molar-refractivity contribution in [1.29, 1.82) is 0 Å². The van der Waals surface area contributed by atoms with Gasteiger partial charge in [0.05, 0.1) is 12.7 Å². The normalized spacial score (nSPS) is 10.1. The Morgan fingerprint density at radius 2 is 2.05 bits per heavy atom. The molecule has 0 aromatic heterocycles. The van der Waals surface area contributed by atoms with Crippen molar-refractivity contribution >= 4 is 23.2 Å². The predicted molar refractivity (Wildman–Crippen MR) is 80.0 cm³/mol. The third-order valence-electron chi connectivity index (χ3n) is 2.87. The lowest BCUT2D eigenvalue weighted by Gasteiger charge is -2.10. The summed E-state index contributed by atoms with van der Waals surface area (Å²) < 4.78 is 5.16. The van der Waals surface area contributed by atoms with Gasteiger partial charge in [0.1, 0.15) is 5.75 Å². The lowest BCUT2D eigenvalue weighted by molar-refractivity contribution is 0.0948. The van der Waals surface area contributed by atoms with Gasteiger partial charge in [0.15, 0.2) is 0 Å². The zero-order chi connectivity index (χ0) is 14.5. The van der Waals surface area contributed by atoms with E-state index in [2.05, 4.69) is 5.32 Å². The van der Waals surface area contributed by atoms with E-state index in [9.17, 15) is 4.79 Å². The minimum absolute atomic E-state index is 0.234. The predicted octanol–water partition coefficient (Wildman–Crippen LogP) is 2.86. The average molecular weight is 291 g/mol. The van der Waals surface area contributed by atoms with Crippen LogP contribution in [0.1, 0.15) is 15.9 Å². The number of methoxy groups -OCH3 is 1. The molecule has 20 heavy (non-hydrogen) atoms. The van der Waals surface area contributed by atoms with Crippen LogP contribution in [0.3, 0.4) is 0 Å². The Bertz CT molecular complexity index is 629. The number of nitrogen functional groups attached to an aromatic ring is 1. The van der Waals surface area contributed by atoms with Crippen LogP contribution in [0.2, 0.25) is 5.02 Å². The standard InChI is InChI=1S/C15H15ClN2O2/c1-20-14-8-11(17)6-7-12(14)15(19)18-9-10-4-2-3-5-13(10)16/h2-8H,9,17H2,1H3,(H,18,19). The molecule has 0 saturated carbocycles. The molecule has 0 fully saturated rings. The van der Waals surface area contributed by atoms with E-state index in [0.29, 0.717) is 28.6 Å². The Balaban J connectivity index is 2.11. The number of ether oxygens (including phenoxy) is 1. The number of nitrogens with two attached hydrogens (primary N) is 1. The lowest BCUT2D eigenvalue weighted by Crippen LogP contribution is -2.23. The number of hydrogen-bond donors (Lipinski definition) is 2. The van der Waals surface area contributed by atoms with Crippen LogP contribution in [0.15, 0.2) is 42.5 Å². The highest BCUT2D eigenvalue weighted by molar-refractivity contribution is 6.31. The summed E-state index contributed by atoms with van der Waals surface area (Å²) in [6.45, 7) is 0.353. The van der Waals surface area contributed by atoms with E-state index in [4.69, 9.17) is 22.1 Å². The number of benzene rings is 2. The summed E-state index contributed by atoms with van der Waals surface area (Å²) in [5.41, 5.74) is 7.50. The van der Waals surface area contributed by atoms with Gasteiger partial charge in [-0.2, -0.15) is 0 Å². The van der Waals surface area contributed by atoms with E-state index in [0.717, 1.165) is 5.56 Å². The van der Waals surface area contributed by atoms with Crippen LogP contribution >= 0.6 is 11.6 Å². The topological polar surface area (TPSA) is 64.3 Å². The summed E-state index contributed by atoms with van der Waals surface area (Å²) in [6.07, 6.45) is 0. The Hall–Kier alpha value is -2.20. The van der Waals surface area contributed by atoms with Gasteiger partial charge in [0.25, 0.3) is 5.91 Å². The molecule has 2 aromatic carbocycles. The van der Waals surface area contributed by atoms with Crippen molar-refractivity contribution in [1.82, 2.24) is 5.32 Å². The van der Waals surface area contributed by atoms with Crippen LogP contribution in [0, 0.1) is 0 Å². The fraction of sp³-hybridized carbons (Fsp3) is 0.133. The Kier molecular flexibility index (Phi) is 4.48. The first-order valence-electron chi connectivity index (χ1n) is 6.07. The molecule has 0 atom stereocenters. The fourth-order valence-corrected chi connectivity index (χ4v) is 2.01. The molecule has 3 N–H and O–H groups in total. The molecule has 0 heterocycles. The highest BCUT2D eigenvalue weighted by atomic mass is 35.5. The zero-order valence-corrected chi connectivity index (χ0v) is 11.8. The molecule has 0 unspecified atom stereocenters. The van der Waals surface area contributed by atoms with Gasteiger partial charge >= 0.3 is 0 Å². The van der Waals surface area contributed by atoms with Gasteiger partial charge in [-0.3, -0.25) is 4.79 Å². The summed E-state index contributed by atoms with van der Waals surface area (Å²) in [5.74, 6) is 0.212. The number of anilines is 1. The second kappa shape index (κ2) is 6.30. The van der Waals surface area contributed by atoms with Crippen molar-refractivity contribution in [3.63, 3.8) is 0 Å². The quantitative estimate of drug-likeness (QED) is 0.851. The van der Waals surface area contributed by atoms with Crippen molar-refractivity contribution < 1.29 is 9.53 Å². The molecule has 1 amide bonds. The van der Waals surface area contributed by atoms with Crippen molar-refractivity contribution in [2.45, 2.75) is 6.54 Å². The Morgan fingerprint density at radius 1 is 1.30 bits per heavy atom. The summed E-state index contributed by atoms with van der Waals surface area (Å²) >= 11 is 6.04. The van der Waals surface area contributed by atoms with E-state index < -0.39 is 0 Å². The molecule has 0 radical (unpaired) electrons. The third-order valence-corrected chi connectivity index (χ3v) is 3.24. The maximum atomic E-state index is 12.1. The molecule has 104 valence electrons. The van der Waals surface area contributed by atoms with Gasteiger partial charge in [-0.15, -0.1) is 0 Å². The molecule has 0 saturated heterocycles. The number of carbonyl (C=O) groups is 1. The SMILES string of the molecule is COc1cc(N)ccc1C(=O)NCc1ccccc1Cl. The van der Waals surface area contributed by atoms with Gasteiger partial charge in [-0.05, 0) is 23.8 Å². The Morgan fingerprint density at radius 3 is 2.75 bits per heavy atom. The van der Waals surface area contributed by atoms with Gasteiger partial charge in [-0.25, -0.2) is 0 Å². The molecular weight excluding hydrogens is 276 g/mol. The Labute approximate surface area is 122 Å². The average Bonchev–Trinajstić information content (AvgIpc) is 2.46. The number of amides is 1. The molecule has 2 aromatic rings. The van der Waals surface area contributed by atoms with Crippen LogP contribution in [-0.4, -0.2) is 13.0 Å². The van der Waals surface area contributed by atoms with Crippen LogP contribution in [0.25, 0.3) is 0 Å². The molecule has 4 nitrogen and oxygen atoms in total. The minimum Gasteiger partial charge on any atom is -0.496 e. The first kappa shape index (κ1) is 14.2. The largest absolute Gasteiger partial charge is 0.496 e. The van der Waals surface area contributed by atoms with Crippen molar-refractivity contribution in [2.24, 2.45) is 0 Å². The second-order valence-corrected chi connectivity index (χ2v) is 4.64. The number of hydrogen-bond acceptors (Lipinski definition) is 3. The molecule has 0 aliphatic heterocycles. The summed E-state index contributed by atoms with van der Waals surface area (Å²) in [6, 6.07) is 12.3. The number of halogens is 1. The summed E-state index contributed by atoms with van der Waals surface area (Å²) in [4.78, 5) is 12.1. The second-order valence-electron chi connectivity index (χ2n) is 4.23. The van der Waals surface area contributed by atoms with E-state index in [1.165, 1.54) is 7.11 Å². The van der Waals surface area contributed by atoms with Gasteiger partial charge in [-0.1, -0.05) is 29.8 Å². The molecule has 0 bridgehead atoms. The van der Waals surface area contributed by atoms with Gasteiger partial charge in [0.2, 0.25) is 0 Å². The molecule has 2 rings (SSSR count). The monoisotopic (exact) mass is 290 g/mol. The van der Waals surface area contributed by atoms with Crippen molar-refractivity contribution in [2.75, 3.05) is 12.8 Å². The van der Waals surface area contributed by atoms with Crippen LogP contribution in [0.4, 0.5) is 5.69 Å². The summed E-state index contributed by atoms with van der Waals surface area (Å²) in [5, 5.41) is 3.43. The molecule has 5 heteroatoms. The van der Waals surface area contributed by atoms with Crippen LogP contribution in [-0.2, 0) is 6.54 Å². The third kappa shape index (κ3) is 3.22. The number of rotatable bonds is 4. The molecular formula is C15H15ClN2O2. The number of nitrogens with one attached hydrogen (secondary N) is 1. The first-order chi connectivity index (χ1) is 9.61. The highest BCUT2D eigenvalue weighted by Crippen LogP contribution is 2.21. The van der Waals surface area contributed by atoms with Crippen LogP contribution < -0.4 is 15.8 Å². The van der Waals surface area contributed by atoms with E-state index in [1.807, 2.05) is 18.2 Å². The summed E-state index contributed by atoms with van der Waals surface area (Å²) in [7, 11) is 1.50. The number of carbonyl (C=O) groups excluding carboxylic acids is 1. The fourth-order valence-electron chi connectivity index (χ4n) is 1.81. The van der Waals surface area contributed by atoms with Gasteiger partial charge in [0, 0.05) is 23.3 Å². The maximum absolute atomic E-state index is 12.1. The minimum atomic E-state index is -0.234. The molecule has 0 spiro atoms. The highest BCUT2D eigenvalue weighted by Gasteiger charge is 2.12. The molecule has 0 aliphatic carbocycles. The van der Waals surface area contributed by atoms with Crippen molar-refractivity contribution in [3.8, 4) is 5.75 Å². The lowest BCUT2D eigenvalue weighted by atomic mass is 10.1. The maximum Gasteiger partial charge on any atom is 0.255 e. The van der Waals surface area contributed by atoms with Crippen molar-refractivity contribution in [3.05, 3.63) is 58.6 Å². The zero-order valence-electron chi connectivity index (χ0n) is 11.0. The smallest absolute Gasteiger partial charge is 0.255 e. The van der Waals surface area contributed by atoms with E-state index >= 15 is 0 Å². The van der Waals surface area contributed by atoms with Crippen LogP contribution in [0.5, 0.6) is 5.75 Å².